The van der Waals surface area contributed by atoms with Crippen molar-refractivity contribution in [3.8, 4) is 0 Å². The number of nitrogens with zero attached hydrogens (tertiary/aromatic N) is 2. The van der Waals surface area contributed by atoms with Gasteiger partial charge in [-0.1, -0.05) is 19.3 Å². The SMILES string of the molecule is Cc1cnc(CN=C(N)NC2CCCCC2)o1. The molecule has 1 fully saturated rings. The summed E-state index contributed by atoms with van der Waals surface area (Å²) in [4.78, 5) is 8.31. The summed E-state index contributed by atoms with van der Waals surface area (Å²) >= 11 is 0. The molecule has 2 rings (SSSR count). The lowest BCUT2D eigenvalue weighted by Crippen LogP contribution is -2.41. The lowest BCUT2D eigenvalue weighted by atomic mass is 9.96. The molecule has 0 atom stereocenters. The van der Waals surface area contributed by atoms with Crippen molar-refractivity contribution in [3.05, 3.63) is 17.8 Å². The van der Waals surface area contributed by atoms with Gasteiger partial charge in [0.2, 0.25) is 5.89 Å². The first-order valence-corrected chi connectivity index (χ1v) is 6.22. The molecule has 0 spiro atoms. The molecule has 1 heterocycles. The van der Waals surface area contributed by atoms with Gasteiger partial charge in [-0.3, -0.25) is 0 Å². The minimum Gasteiger partial charge on any atom is -0.444 e. The number of aryl methyl sites for hydroxylation is 1. The maximum atomic E-state index is 5.83. The van der Waals surface area contributed by atoms with Gasteiger partial charge in [0, 0.05) is 6.04 Å². The van der Waals surface area contributed by atoms with Crippen molar-refractivity contribution in [2.24, 2.45) is 10.7 Å². The van der Waals surface area contributed by atoms with E-state index in [2.05, 4.69) is 15.3 Å². The van der Waals surface area contributed by atoms with Crippen LogP contribution in [0.25, 0.3) is 0 Å². The van der Waals surface area contributed by atoms with Crippen LogP contribution in [0, 0.1) is 6.92 Å². The lowest BCUT2D eigenvalue weighted by molar-refractivity contribution is 0.411. The Labute approximate surface area is 102 Å². The zero-order chi connectivity index (χ0) is 12.1. The average Bonchev–Trinajstić information content (AvgIpc) is 2.74. The maximum absolute atomic E-state index is 5.83. The van der Waals surface area contributed by atoms with E-state index in [1.165, 1.54) is 32.1 Å². The molecule has 3 N–H and O–H groups in total. The van der Waals surface area contributed by atoms with Crippen molar-refractivity contribution in [1.29, 1.82) is 0 Å². The average molecular weight is 236 g/mol. The number of guanidine groups is 1. The zero-order valence-electron chi connectivity index (χ0n) is 10.3. The quantitative estimate of drug-likeness (QED) is 0.619. The third-order valence-electron chi connectivity index (χ3n) is 3.01. The van der Waals surface area contributed by atoms with Gasteiger partial charge >= 0.3 is 0 Å². The monoisotopic (exact) mass is 236 g/mol. The third kappa shape index (κ3) is 3.76. The number of nitrogens with one attached hydrogen (secondary N) is 1. The van der Waals surface area contributed by atoms with E-state index in [4.69, 9.17) is 10.2 Å². The zero-order valence-corrected chi connectivity index (χ0v) is 10.3. The molecule has 1 aliphatic rings. The lowest BCUT2D eigenvalue weighted by Gasteiger charge is -2.23. The summed E-state index contributed by atoms with van der Waals surface area (Å²) in [5, 5.41) is 3.25. The van der Waals surface area contributed by atoms with Crippen LogP contribution in [0.3, 0.4) is 0 Å². The van der Waals surface area contributed by atoms with E-state index < -0.39 is 0 Å². The molecule has 0 saturated heterocycles. The number of aliphatic imine (C=N–C) groups is 1. The van der Waals surface area contributed by atoms with Crippen molar-refractivity contribution in [1.82, 2.24) is 10.3 Å². The second-order valence-electron chi connectivity index (χ2n) is 4.55. The Kier molecular flexibility index (Phi) is 4.01. The summed E-state index contributed by atoms with van der Waals surface area (Å²) < 4.78 is 5.32. The number of hydrogen-bond donors (Lipinski definition) is 2. The van der Waals surface area contributed by atoms with Crippen molar-refractivity contribution in [2.45, 2.75) is 51.6 Å². The fraction of sp³-hybridized carbons (Fsp3) is 0.667. The molecule has 94 valence electrons. The smallest absolute Gasteiger partial charge is 0.216 e. The molecule has 0 unspecified atom stereocenters. The largest absolute Gasteiger partial charge is 0.444 e. The third-order valence-corrected chi connectivity index (χ3v) is 3.01. The van der Waals surface area contributed by atoms with Crippen LogP contribution in [-0.2, 0) is 6.54 Å². The predicted molar refractivity (Wildman–Crippen MR) is 66.6 cm³/mol. The van der Waals surface area contributed by atoms with Crippen molar-refractivity contribution >= 4 is 5.96 Å². The van der Waals surface area contributed by atoms with Crippen LogP contribution in [-0.4, -0.2) is 17.0 Å². The van der Waals surface area contributed by atoms with Gasteiger partial charge in [-0.2, -0.15) is 0 Å². The first-order valence-electron chi connectivity index (χ1n) is 6.22. The Bertz CT molecular complexity index is 380. The molecule has 17 heavy (non-hydrogen) atoms. The van der Waals surface area contributed by atoms with Gasteiger partial charge in [-0.25, -0.2) is 9.98 Å². The summed E-state index contributed by atoms with van der Waals surface area (Å²) in [6.07, 6.45) is 7.97. The molecule has 1 aromatic rings. The summed E-state index contributed by atoms with van der Waals surface area (Å²) in [6.45, 7) is 2.27. The van der Waals surface area contributed by atoms with E-state index in [0.717, 1.165) is 5.76 Å². The summed E-state index contributed by atoms with van der Waals surface area (Å²) in [7, 11) is 0. The Balaban J connectivity index is 1.80. The molecule has 0 aromatic carbocycles. The van der Waals surface area contributed by atoms with Crippen LogP contribution in [0.2, 0.25) is 0 Å². The number of oxazole rings is 1. The number of nitrogens with two attached hydrogens (primary N) is 1. The second kappa shape index (κ2) is 5.70. The van der Waals surface area contributed by atoms with E-state index in [1.807, 2.05) is 6.92 Å². The Hall–Kier alpha value is -1.52. The van der Waals surface area contributed by atoms with Crippen molar-refractivity contribution in [2.75, 3.05) is 0 Å². The highest BCUT2D eigenvalue weighted by Crippen LogP contribution is 2.17. The van der Waals surface area contributed by atoms with Crippen LogP contribution >= 0.6 is 0 Å². The molecule has 0 amide bonds. The summed E-state index contributed by atoms with van der Waals surface area (Å²) in [6, 6.07) is 0.485. The molecule has 5 heteroatoms. The highest BCUT2D eigenvalue weighted by molar-refractivity contribution is 5.78. The first kappa shape index (κ1) is 12.0. The Morgan fingerprint density at radius 1 is 1.53 bits per heavy atom. The number of rotatable bonds is 3. The molecule has 0 radical (unpaired) electrons. The minimum atomic E-state index is 0.402. The fourth-order valence-electron chi connectivity index (χ4n) is 2.13. The van der Waals surface area contributed by atoms with E-state index in [0.29, 0.717) is 24.4 Å². The van der Waals surface area contributed by atoms with Gasteiger partial charge in [0.1, 0.15) is 12.3 Å². The van der Waals surface area contributed by atoms with Crippen LogP contribution < -0.4 is 11.1 Å². The van der Waals surface area contributed by atoms with Crippen LogP contribution in [0.1, 0.15) is 43.8 Å². The molecular weight excluding hydrogens is 216 g/mol. The molecule has 1 saturated carbocycles. The minimum absolute atomic E-state index is 0.402. The topological polar surface area (TPSA) is 76.4 Å². The highest BCUT2D eigenvalue weighted by atomic mass is 16.4. The normalized spacial score (nSPS) is 18.3. The van der Waals surface area contributed by atoms with E-state index in [1.54, 1.807) is 6.20 Å². The Morgan fingerprint density at radius 2 is 2.29 bits per heavy atom. The molecule has 0 aliphatic heterocycles. The van der Waals surface area contributed by atoms with Gasteiger partial charge in [0.05, 0.1) is 6.20 Å². The number of aromatic nitrogens is 1. The maximum Gasteiger partial charge on any atom is 0.216 e. The highest BCUT2D eigenvalue weighted by Gasteiger charge is 2.13. The van der Waals surface area contributed by atoms with E-state index in [9.17, 15) is 0 Å². The van der Waals surface area contributed by atoms with Gasteiger partial charge < -0.3 is 15.5 Å². The number of hydrogen-bond acceptors (Lipinski definition) is 3. The van der Waals surface area contributed by atoms with Crippen molar-refractivity contribution < 1.29 is 4.42 Å². The van der Waals surface area contributed by atoms with E-state index in [-0.39, 0.29) is 0 Å². The van der Waals surface area contributed by atoms with Gasteiger partial charge in [-0.15, -0.1) is 0 Å². The summed E-state index contributed by atoms with van der Waals surface area (Å²) in [5.41, 5.74) is 5.83. The standard InChI is InChI=1S/C12H20N4O/c1-9-7-14-11(17-9)8-15-12(13)16-10-5-3-2-4-6-10/h7,10H,2-6,8H2,1H3,(H3,13,15,16). The Morgan fingerprint density at radius 3 is 2.94 bits per heavy atom. The predicted octanol–water partition coefficient (Wildman–Crippen LogP) is 1.72. The van der Waals surface area contributed by atoms with Gasteiger partial charge in [-0.05, 0) is 19.8 Å². The molecule has 5 nitrogen and oxygen atoms in total. The first-order chi connectivity index (χ1) is 8.24. The van der Waals surface area contributed by atoms with E-state index >= 15 is 0 Å². The summed E-state index contributed by atoms with van der Waals surface area (Å²) in [5.74, 6) is 1.90. The van der Waals surface area contributed by atoms with Crippen LogP contribution in [0.5, 0.6) is 0 Å². The fourth-order valence-corrected chi connectivity index (χ4v) is 2.13. The van der Waals surface area contributed by atoms with Crippen LogP contribution in [0.15, 0.2) is 15.6 Å². The van der Waals surface area contributed by atoms with Crippen molar-refractivity contribution in [3.63, 3.8) is 0 Å². The molecule has 0 bridgehead atoms. The molecule has 1 aliphatic carbocycles. The van der Waals surface area contributed by atoms with Gasteiger partial charge in [0.15, 0.2) is 5.96 Å². The molecule has 1 aromatic heterocycles. The van der Waals surface area contributed by atoms with Gasteiger partial charge in [0.25, 0.3) is 0 Å². The molecular formula is C12H20N4O. The van der Waals surface area contributed by atoms with Crippen LogP contribution in [0.4, 0.5) is 0 Å². The second-order valence-corrected chi connectivity index (χ2v) is 4.55.